The fraction of sp³-hybridized carbons (Fsp3) is 0.300. The third-order valence-corrected chi connectivity index (χ3v) is 5.03. The first-order chi connectivity index (χ1) is 8.51. The van der Waals surface area contributed by atoms with Crippen molar-refractivity contribution >= 4 is 26.6 Å². The van der Waals surface area contributed by atoms with Gasteiger partial charge in [-0.15, -0.1) is 0 Å². The summed E-state index contributed by atoms with van der Waals surface area (Å²) in [4.78, 5) is 10.3. The number of rotatable bonds is 3. The maximum absolute atomic E-state index is 12.1. The van der Waals surface area contributed by atoms with Crippen LogP contribution in [0.2, 0.25) is 0 Å². The van der Waals surface area contributed by atoms with Gasteiger partial charge in [0.2, 0.25) is 0 Å². The molecule has 0 atom stereocenters. The van der Waals surface area contributed by atoms with E-state index in [4.69, 9.17) is 0 Å². The molecule has 2 aromatic rings. The van der Waals surface area contributed by atoms with E-state index in [1.54, 1.807) is 0 Å². The zero-order valence-electron chi connectivity index (χ0n) is 9.18. The van der Waals surface area contributed by atoms with E-state index in [0.717, 1.165) is 4.09 Å². The molecule has 0 unspecified atom stereocenters. The van der Waals surface area contributed by atoms with Crippen molar-refractivity contribution in [2.75, 3.05) is 0 Å². The standard InChI is InChI=1S/C10H9N3O4S/c14-13(15)10-3-1-2-9-8(10)6-11-12(9)18(16,17)7-4-5-7/h1-3,6-7H,4-5H2. The molecule has 18 heavy (non-hydrogen) atoms. The Kier molecular flexibility index (Phi) is 2.18. The van der Waals surface area contributed by atoms with Crippen LogP contribution in [0.25, 0.3) is 10.9 Å². The quantitative estimate of drug-likeness (QED) is 0.616. The lowest BCUT2D eigenvalue weighted by Crippen LogP contribution is -2.18. The topological polar surface area (TPSA) is 95.1 Å². The summed E-state index contributed by atoms with van der Waals surface area (Å²) in [5, 5.41) is 14.5. The number of hydrogen-bond acceptors (Lipinski definition) is 5. The summed E-state index contributed by atoms with van der Waals surface area (Å²) in [6.45, 7) is 0. The zero-order valence-corrected chi connectivity index (χ0v) is 10.0. The minimum atomic E-state index is -3.51. The Bertz CT molecular complexity index is 746. The largest absolute Gasteiger partial charge is 0.280 e. The molecule has 1 aromatic heterocycles. The van der Waals surface area contributed by atoms with Crippen LogP contribution in [0.3, 0.4) is 0 Å². The van der Waals surface area contributed by atoms with Gasteiger partial charge in [-0.2, -0.15) is 9.19 Å². The SMILES string of the molecule is O=[N+]([O-])c1cccc2c1cnn2S(=O)(=O)C1CC1. The molecule has 0 aliphatic heterocycles. The summed E-state index contributed by atoms with van der Waals surface area (Å²) >= 11 is 0. The molecular weight excluding hydrogens is 258 g/mol. The fourth-order valence-electron chi connectivity index (χ4n) is 1.88. The molecule has 0 bridgehead atoms. The highest BCUT2D eigenvalue weighted by Gasteiger charge is 2.38. The lowest BCUT2D eigenvalue weighted by atomic mass is 10.2. The molecule has 7 nitrogen and oxygen atoms in total. The summed E-state index contributed by atoms with van der Waals surface area (Å²) in [7, 11) is -3.51. The fourth-order valence-corrected chi connectivity index (χ4v) is 3.51. The van der Waals surface area contributed by atoms with Crippen LogP contribution in [0.15, 0.2) is 24.4 Å². The number of benzene rings is 1. The first-order valence-corrected chi connectivity index (χ1v) is 6.87. The summed E-state index contributed by atoms with van der Waals surface area (Å²) in [5.74, 6) is 0. The Balaban J connectivity index is 2.28. The molecule has 0 amide bonds. The number of non-ortho nitro benzene ring substituents is 1. The van der Waals surface area contributed by atoms with Crippen LogP contribution in [0, 0.1) is 10.1 Å². The van der Waals surface area contributed by atoms with E-state index < -0.39 is 20.2 Å². The molecule has 1 saturated carbocycles. The average molecular weight is 267 g/mol. The molecular formula is C10H9N3O4S. The van der Waals surface area contributed by atoms with Gasteiger partial charge >= 0.3 is 0 Å². The van der Waals surface area contributed by atoms with Crippen molar-refractivity contribution in [1.29, 1.82) is 0 Å². The van der Waals surface area contributed by atoms with Gasteiger partial charge in [-0.25, -0.2) is 8.42 Å². The highest BCUT2D eigenvalue weighted by Crippen LogP contribution is 2.33. The number of nitro groups is 1. The molecule has 1 aromatic carbocycles. The van der Waals surface area contributed by atoms with Crippen molar-refractivity contribution in [3.8, 4) is 0 Å². The summed E-state index contributed by atoms with van der Waals surface area (Å²) < 4.78 is 25.1. The minimum Gasteiger partial charge on any atom is -0.258 e. The second-order valence-corrected chi connectivity index (χ2v) is 6.24. The van der Waals surface area contributed by atoms with Crippen LogP contribution >= 0.6 is 0 Å². The van der Waals surface area contributed by atoms with Crippen LogP contribution in [-0.4, -0.2) is 27.8 Å². The number of hydrogen-bond donors (Lipinski definition) is 0. The Morgan fingerprint density at radius 2 is 2.11 bits per heavy atom. The number of aromatic nitrogens is 2. The molecule has 3 rings (SSSR count). The second kappa shape index (κ2) is 3.52. The number of fused-ring (bicyclic) bond motifs is 1. The predicted molar refractivity (Wildman–Crippen MR) is 63.7 cm³/mol. The molecule has 1 fully saturated rings. The molecule has 94 valence electrons. The van der Waals surface area contributed by atoms with Crippen molar-refractivity contribution in [3.63, 3.8) is 0 Å². The Labute approximate surface area is 102 Å². The first kappa shape index (κ1) is 11.1. The van der Waals surface area contributed by atoms with Crippen LogP contribution in [0.1, 0.15) is 12.8 Å². The molecule has 1 aliphatic carbocycles. The van der Waals surface area contributed by atoms with Crippen LogP contribution < -0.4 is 0 Å². The monoisotopic (exact) mass is 267 g/mol. The van der Waals surface area contributed by atoms with Gasteiger partial charge in [0.1, 0.15) is 0 Å². The van der Waals surface area contributed by atoms with Crippen molar-refractivity contribution in [3.05, 3.63) is 34.5 Å². The van der Waals surface area contributed by atoms with Gasteiger partial charge in [-0.3, -0.25) is 10.1 Å². The molecule has 0 radical (unpaired) electrons. The maximum Gasteiger partial charge on any atom is 0.280 e. The van der Waals surface area contributed by atoms with E-state index >= 15 is 0 Å². The number of nitrogens with zero attached hydrogens (tertiary/aromatic N) is 3. The van der Waals surface area contributed by atoms with Crippen molar-refractivity contribution in [1.82, 2.24) is 9.19 Å². The second-order valence-electron chi connectivity index (χ2n) is 4.20. The van der Waals surface area contributed by atoms with E-state index in [2.05, 4.69) is 5.10 Å². The van der Waals surface area contributed by atoms with E-state index in [1.165, 1.54) is 24.4 Å². The molecule has 0 spiro atoms. The minimum absolute atomic E-state index is 0.134. The van der Waals surface area contributed by atoms with Gasteiger partial charge in [-0.1, -0.05) is 6.07 Å². The summed E-state index contributed by atoms with van der Waals surface area (Å²) in [6.07, 6.45) is 2.48. The van der Waals surface area contributed by atoms with Gasteiger partial charge in [0.05, 0.1) is 27.3 Å². The van der Waals surface area contributed by atoms with Crippen LogP contribution in [-0.2, 0) is 10.0 Å². The molecule has 8 heteroatoms. The van der Waals surface area contributed by atoms with Crippen molar-refractivity contribution < 1.29 is 13.3 Å². The van der Waals surface area contributed by atoms with E-state index in [1.807, 2.05) is 0 Å². The highest BCUT2D eigenvalue weighted by atomic mass is 32.2. The zero-order chi connectivity index (χ0) is 12.9. The molecule has 0 N–H and O–H groups in total. The van der Waals surface area contributed by atoms with Crippen LogP contribution in [0.4, 0.5) is 5.69 Å². The summed E-state index contributed by atoms with van der Waals surface area (Å²) in [6, 6.07) is 4.31. The van der Waals surface area contributed by atoms with Gasteiger partial charge in [0.15, 0.2) is 0 Å². The first-order valence-electron chi connectivity index (χ1n) is 5.37. The molecule has 1 heterocycles. The van der Waals surface area contributed by atoms with E-state index in [-0.39, 0.29) is 16.6 Å². The predicted octanol–water partition coefficient (Wildman–Crippen LogP) is 1.28. The van der Waals surface area contributed by atoms with Crippen molar-refractivity contribution in [2.45, 2.75) is 18.1 Å². The molecule has 0 saturated heterocycles. The maximum atomic E-state index is 12.1. The Hall–Kier alpha value is -1.96. The molecule has 1 aliphatic rings. The Morgan fingerprint density at radius 3 is 2.72 bits per heavy atom. The van der Waals surface area contributed by atoms with Gasteiger partial charge < -0.3 is 0 Å². The van der Waals surface area contributed by atoms with Gasteiger partial charge in [0, 0.05) is 6.07 Å². The van der Waals surface area contributed by atoms with Crippen molar-refractivity contribution in [2.24, 2.45) is 0 Å². The van der Waals surface area contributed by atoms with Gasteiger partial charge in [-0.05, 0) is 18.9 Å². The average Bonchev–Trinajstić information content (AvgIpc) is 3.08. The van der Waals surface area contributed by atoms with Gasteiger partial charge in [0.25, 0.3) is 15.7 Å². The normalized spacial score (nSPS) is 16.0. The Morgan fingerprint density at radius 1 is 1.39 bits per heavy atom. The summed E-state index contributed by atoms with van der Waals surface area (Å²) in [5.41, 5.74) is 0.126. The van der Waals surface area contributed by atoms with E-state index in [0.29, 0.717) is 12.8 Å². The van der Waals surface area contributed by atoms with Crippen LogP contribution in [0.5, 0.6) is 0 Å². The van der Waals surface area contributed by atoms with E-state index in [9.17, 15) is 18.5 Å². The lowest BCUT2D eigenvalue weighted by Gasteiger charge is -2.03. The third kappa shape index (κ3) is 1.49. The third-order valence-electron chi connectivity index (χ3n) is 2.94. The lowest BCUT2D eigenvalue weighted by molar-refractivity contribution is -0.383. The highest BCUT2D eigenvalue weighted by molar-refractivity contribution is 7.90. The number of nitro benzene ring substituents is 1. The smallest absolute Gasteiger partial charge is 0.258 e.